The molecule has 1 amide bonds. The number of hydrogen-bond acceptors (Lipinski definition) is 3. The zero-order valence-corrected chi connectivity index (χ0v) is 21.9. The SMILES string of the molecule is CCCCCC=CCC=CCCCCCCCC(=O)N(C)P(=O)(NC)SC(C)CC. The molecule has 0 rings (SSSR count). The number of carbonyl (C=O) groups is 1. The Morgan fingerprint density at radius 2 is 1.53 bits per heavy atom. The summed E-state index contributed by atoms with van der Waals surface area (Å²) in [5.74, 6) is -0.0193. The first kappa shape index (κ1) is 29.5. The standard InChI is InChI=1S/C24H47N2O2PS/c1-6-8-9-10-11-12-13-14-15-16-17-18-19-20-21-22-24(27)26(5)29(28,25-4)30-23(3)7-2/h11-12,14-15,23H,6-10,13,16-22H2,1-5H3,(H,25,28). The molecule has 0 spiro atoms. The van der Waals surface area contributed by atoms with Gasteiger partial charge in [0, 0.05) is 18.7 Å². The van der Waals surface area contributed by atoms with Crippen molar-refractivity contribution in [1.29, 1.82) is 0 Å². The minimum Gasteiger partial charge on any atom is -0.276 e. The Morgan fingerprint density at radius 1 is 0.967 bits per heavy atom. The van der Waals surface area contributed by atoms with E-state index in [1.54, 1.807) is 14.1 Å². The van der Waals surface area contributed by atoms with Gasteiger partial charge in [-0.05, 0) is 52.0 Å². The first-order valence-corrected chi connectivity index (χ1v) is 15.1. The summed E-state index contributed by atoms with van der Waals surface area (Å²) in [5.41, 5.74) is 0. The third-order valence-electron chi connectivity index (χ3n) is 5.28. The molecule has 0 aliphatic carbocycles. The molecule has 0 aromatic heterocycles. The van der Waals surface area contributed by atoms with Crippen LogP contribution in [0, 0.1) is 0 Å². The molecule has 0 saturated heterocycles. The molecule has 0 aliphatic rings. The maximum atomic E-state index is 13.0. The highest BCUT2D eigenvalue weighted by Gasteiger charge is 2.31. The number of hydrogen-bond donors (Lipinski definition) is 1. The second-order valence-corrected chi connectivity index (χ2v) is 13.2. The van der Waals surface area contributed by atoms with Crippen LogP contribution >= 0.6 is 18.0 Å². The molecule has 0 radical (unpaired) electrons. The molecule has 6 heteroatoms. The van der Waals surface area contributed by atoms with Gasteiger partial charge in [0.2, 0.25) is 5.91 Å². The van der Waals surface area contributed by atoms with E-state index in [-0.39, 0.29) is 11.2 Å². The summed E-state index contributed by atoms with van der Waals surface area (Å²) < 4.78 is 14.5. The number of unbranched alkanes of at least 4 members (excludes halogenated alkanes) is 8. The molecular weight excluding hydrogens is 411 g/mol. The molecule has 0 aliphatic heterocycles. The van der Waals surface area contributed by atoms with Crippen molar-refractivity contribution in [3.63, 3.8) is 0 Å². The predicted molar refractivity (Wildman–Crippen MR) is 136 cm³/mol. The van der Waals surface area contributed by atoms with Gasteiger partial charge < -0.3 is 0 Å². The molecule has 0 saturated carbocycles. The van der Waals surface area contributed by atoms with Crippen molar-refractivity contribution in [3.8, 4) is 0 Å². The Bertz CT molecular complexity index is 537. The molecule has 1 N–H and O–H groups in total. The minimum absolute atomic E-state index is 0.0193. The van der Waals surface area contributed by atoms with E-state index in [1.807, 2.05) is 6.92 Å². The molecule has 0 aromatic carbocycles. The quantitative estimate of drug-likeness (QED) is 0.121. The van der Waals surface area contributed by atoms with Gasteiger partial charge in [-0.1, -0.05) is 88.6 Å². The topological polar surface area (TPSA) is 49.4 Å². The van der Waals surface area contributed by atoms with Crippen LogP contribution in [0.4, 0.5) is 0 Å². The fourth-order valence-electron chi connectivity index (χ4n) is 2.99. The second kappa shape index (κ2) is 19.2. The van der Waals surface area contributed by atoms with E-state index in [1.165, 1.54) is 54.6 Å². The van der Waals surface area contributed by atoms with Crippen LogP contribution in [0.2, 0.25) is 0 Å². The molecule has 2 unspecified atom stereocenters. The van der Waals surface area contributed by atoms with Crippen molar-refractivity contribution in [2.24, 2.45) is 0 Å². The summed E-state index contributed by atoms with van der Waals surface area (Å²) in [6, 6.07) is 0. The number of amides is 1. The number of allylic oxidation sites excluding steroid dienone is 4. The molecule has 2 atom stereocenters. The van der Waals surface area contributed by atoms with Gasteiger partial charge in [0.1, 0.15) is 0 Å². The van der Waals surface area contributed by atoms with Crippen molar-refractivity contribution in [3.05, 3.63) is 24.3 Å². The number of carbonyl (C=O) groups excluding carboxylic acids is 1. The summed E-state index contributed by atoms with van der Waals surface area (Å²) >= 11 is 1.39. The molecule has 0 heterocycles. The Hall–Kier alpha value is -0.510. The lowest BCUT2D eigenvalue weighted by Gasteiger charge is -2.28. The van der Waals surface area contributed by atoms with E-state index >= 15 is 0 Å². The van der Waals surface area contributed by atoms with E-state index in [2.05, 4.69) is 43.2 Å². The van der Waals surface area contributed by atoms with Crippen molar-refractivity contribution in [1.82, 2.24) is 9.76 Å². The van der Waals surface area contributed by atoms with E-state index in [0.29, 0.717) is 6.42 Å². The maximum Gasteiger partial charge on any atom is 0.294 e. The second-order valence-electron chi connectivity index (χ2n) is 7.97. The van der Waals surface area contributed by atoms with Crippen molar-refractivity contribution < 1.29 is 9.36 Å². The molecule has 0 fully saturated rings. The van der Waals surface area contributed by atoms with Crippen LogP contribution in [0.1, 0.15) is 104 Å². The predicted octanol–water partition coefficient (Wildman–Crippen LogP) is 8.12. The summed E-state index contributed by atoms with van der Waals surface area (Å²) in [4.78, 5) is 12.4. The van der Waals surface area contributed by atoms with Crippen LogP contribution in [0.5, 0.6) is 0 Å². The zero-order chi connectivity index (χ0) is 22.7. The number of nitrogens with one attached hydrogen (secondary N) is 1. The van der Waals surface area contributed by atoms with Gasteiger partial charge in [0.15, 0.2) is 0 Å². The van der Waals surface area contributed by atoms with Crippen LogP contribution < -0.4 is 5.09 Å². The van der Waals surface area contributed by atoms with Gasteiger partial charge in [-0.3, -0.25) is 14.0 Å². The lowest BCUT2D eigenvalue weighted by Crippen LogP contribution is -2.28. The molecule has 4 nitrogen and oxygen atoms in total. The van der Waals surface area contributed by atoms with Crippen LogP contribution in [-0.2, 0) is 9.36 Å². The maximum absolute atomic E-state index is 13.0. The minimum atomic E-state index is -2.87. The molecule has 0 bridgehead atoms. The van der Waals surface area contributed by atoms with Crippen molar-refractivity contribution >= 4 is 23.9 Å². The Labute approximate surface area is 190 Å². The van der Waals surface area contributed by atoms with Gasteiger partial charge in [-0.2, -0.15) is 0 Å². The van der Waals surface area contributed by atoms with Gasteiger partial charge in [0.05, 0.1) is 0 Å². The lowest BCUT2D eigenvalue weighted by molar-refractivity contribution is -0.125. The third-order valence-corrected chi connectivity index (χ3v) is 11.1. The molecular formula is C24H47N2O2PS. The average molecular weight is 459 g/mol. The Kier molecular flexibility index (Phi) is 18.9. The van der Waals surface area contributed by atoms with Crippen LogP contribution in [0.25, 0.3) is 0 Å². The zero-order valence-electron chi connectivity index (χ0n) is 20.2. The highest BCUT2D eigenvalue weighted by atomic mass is 32.7. The van der Waals surface area contributed by atoms with Gasteiger partial charge in [0.25, 0.3) is 6.65 Å². The van der Waals surface area contributed by atoms with Gasteiger partial charge in [-0.15, -0.1) is 0 Å². The van der Waals surface area contributed by atoms with Crippen molar-refractivity contribution in [2.45, 2.75) is 109 Å². The van der Waals surface area contributed by atoms with E-state index in [9.17, 15) is 9.36 Å². The van der Waals surface area contributed by atoms with Crippen molar-refractivity contribution in [2.75, 3.05) is 14.1 Å². The van der Waals surface area contributed by atoms with E-state index in [4.69, 9.17) is 0 Å². The normalized spacial score (nSPS) is 15.0. The first-order valence-electron chi connectivity index (χ1n) is 12.0. The van der Waals surface area contributed by atoms with Crippen LogP contribution in [-0.4, -0.2) is 29.9 Å². The summed E-state index contributed by atoms with van der Waals surface area (Å²) in [5, 5.41) is 3.15. The van der Waals surface area contributed by atoms with Gasteiger partial charge in [-0.25, -0.2) is 5.09 Å². The van der Waals surface area contributed by atoms with E-state index in [0.717, 1.165) is 38.5 Å². The Morgan fingerprint density at radius 3 is 2.10 bits per heavy atom. The average Bonchev–Trinajstić information content (AvgIpc) is 2.75. The van der Waals surface area contributed by atoms with Crippen LogP contribution in [0.15, 0.2) is 24.3 Å². The fourth-order valence-corrected chi connectivity index (χ4v) is 7.49. The summed E-state index contributed by atoms with van der Waals surface area (Å²) in [6.07, 6.45) is 23.4. The smallest absolute Gasteiger partial charge is 0.276 e. The lowest BCUT2D eigenvalue weighted by atomic mass is 10.1. The van der Waals surface area contributed by atoms with E-state index < -0.39 is 6.65 Å². The summed E-state index contributed by atoms with van der Waals surface area (Å²) in [6.45, 7) is 3.49. The highest BCUT2D eigenvalue weighted by Crippen LogP contribution is 2.59. The summed E-state index contributed by atoms with van der Waals surface area (Å²) in [7, 11) is 3.35. The van der Waals surface area contributed by atoms with Crippen LogP contribution in [0.3, 0.4) is 0 Å². The monoisotopic (exact) mass is 458 g/mol. The highest BCUT2D eigenvalue weighted by molar-refractivity contribution is 8.57. The third kappa shape index (κ3) is 14.5. The van der Waals surface area contributed by atoms with Gasteiger partial charge >= 0.3 is 0 Å². The fraction of sp³-hybridized carbons (Fsp3) is 0.792. The largest absolute Gasteiger partial charge is 0.294 e. The molecule has 176 valence electrons. The molecule has 0 aromatic rings. The number of nitrogens with zero attached hydrogens (tertiary/aromatic N) is 1. The molecule has 30 heavy (non-hydrogen) atoms. The first-order chi connectivity index (χ1) is 14.4. The number of rotatable bonds is 19. The Balaban J connectivity index is 3.81.